The highest BCUT2D eigenvalue weighted by Crippen LogP contribution is 2.33. The maximum atomic E-state index is 12.4. The molecule has 24 heavy (non-hydrogen) atoms. The van der Waals surface area contributed by atoms with Crippen molar-refractivity contribution in [3.63, 3.8) is 0 Å². The van der Waals surface area contributed by atoms with Gasteiger partial charge in [0.1, 0.15) is 0 Å². The Labute approximate surface area is 141 Å². The molecule has 0 spiro atoms. The minimum absolute atomic E-state index is 0.0973. The molecule has 1 fully saturated rings. The van der Waals surface area contributed by atoms with Crippen molar-refractivity contribution in [2.45, 2.75) is 31.6 Å². The molecule has 128 valence electrons. The van der Waals surface area contributed by atoms with E-state index in [1.54, 1.807) is 28.9 Å². The Hall–Kier alpha value is -2.18. The van der Waals surface area contributed by atoms with E-state index in [2.05, 4.69) is 4.98 Å². The van der Waals surface area contributed by atoms with Gasteiger partial charge < -0.3 is 19.3 Å². The number of hydrogen-bond donors (Lipinski definition) is 1. The third-order valence-corrected chi connectivity index (χ3v) is 4.06. The zero-order valence-electron chi connectivity index (χ0n) is 13.8. The van der Waals surface area contributed by atoms with Crippen LogP contribution >= 0.6 is 0 Å². The second kappa shape index (κ2) is 7.59. The molecule has 6 nitrogen and oxygen atoms in total. The van der Waals surface area contributed by atoms with Gasteiger partial charge in [0.2, 0.25) is 0 Å². The van der Waals surface area contributed by atoms with Crippen LogP contribution in [0.5, 0.6) is 0 Å². The maximum absolute atomic E-state index is 12.4. The van der Waals surface area contributed by atoms with Crippen LogP contribution in [0, 0.1) is 0 Å². The summed E-state index contributed by atoms with van der Waals surface area (Å²) in [4.78, 5) is 18.3. The second-order valence-electron chi connectivity index (χ2n) is 6.23. The van der Waals surface area contributed by atoms with Crippen LogP contribution in [0.25, 0.3) is 0 Å². The van der Waals surface area contributed by atoms with Crippen LogP contribution in [0.2, 0.25) is 0 Å². The van der Waals surface area contributed by atoms with Gasteiger partial charge in [-0.15, -0.1) is 0 Å². The molecule has 1 aromatic heterocycles. The number of ether oxygens (including phenoxy) is 1. The molecular weight excluding hydrogens is 306 g/mol. The third-order valence-electron chi connectivity index (χ3n) is 4.06. The van der Waals surface area contributed by atoms with Gasteiger partial charge in [-0.25, -0.2) is 4.98 Å². The fourth-order valence-electron chi connectivity index (χ4n) is 2.66. The molecule has 1 atom stereocenters. The average molecular weight is 329 g/mol. The molecule has 0 amide bonds. The first-order chi connectivity index (χ1) is 11.6. The zero-order valence-corrected chi connectivity index (χ0v) is 13.8. The van der Waals surface area contributed by atoms with Crippen molar-refractivity contribution in [2.24, 2.45) is 0 Å². The number of anilines is 1. The molecule has 1 saturated carbocycles. The van der Waals surface area contributed by atoms with E-state index in [9.17, 15) is 9.90 Å². The molecule has 1 N–H and O–H groups in total. The normalized spacial score (nSPS) is 15.2. The fraction of sp³-hybridized carbons (Fsp3) is 0.444. The standard InChI is InChI=1S/C18H23N3O3/c1-20(17-18(23)21(10-9-19-17)15-7-8-15)11-16(22)13-24-12-14-5-3-2-4-6-14/h2-6,9-10,15-16,22H,7-8,11-13H2,1H3. The second-order valence-corrected chi connectivity index (χ2v) is 6.23. The predicted molar refractivity (Wildman–Crippen MR) is 92.1 cm³/mol. The number of hydrogen-bond acceptors (Lipinski definition) is 5. The van der Waals surface area contributed by atoms with Gasteiger partial charge in [-0.2, -0.15) is 0 Å². The molecule has 6 heteroatoms. The van der Waals surface area contributed by atoms with E-state index in [1.807, 2.05) is 30.3 Å². The van der Waals surface area contributed by atoms with Crippen LogP contribution in [0.15, 0.2) is 47.5 Å². The number of aromatic nitrogens is 2. The van der Waals surface area contributed by atoms with E-state index in [1.165, 1.54) is 0 Å². The molecule has 0 aliphatic heterocycles. The maximum Gasteiger partial charge on any atom is 0.293 e. The molecule has 1 aliphatic carbocycles. The third kappa shape index (κ3) is 4.21. The Balaban J connectivity index is 1.52. The first kappa shape index (κ1) is 16.7. The number of likely N-dealkylation sites (N-methyl/N-ethyl adjacent to an activating group) is 1. The summed E-state index contributed by atoms with van der Waals surface area (Å²) in [6.45, 7) is 0.967. The van der Waals surface area contributed by atoms with Crippen molar-refractivity contribution >= 4 is 5.82 Å². The van der Waals surface area contributed by atoms with Crippen LogP contribution in [-0.2, 0) is 11.3 Å². The van der Waals surface area contributed by atoms with E-state index >= 15 is 0 Å². The van der Waals surface area contributed by atoms with Gasteiger partial charge >= 0.3 is 0 Å². The Morgan fingerprint density at radius 3 is 2.83 bits per heavy atom. The van der Waals surface area contributed by atoms with Crippen molar-refractivity contribution in [1.82, 2.24) is 9.55 Å². The van der Waals surface area contributed by atoms with Gasteiger partial charge in [0.25, 0.3) is 5.56 Å². The van der Waals surface area contributed by atoms with E-state index in [-0.39, 0.29) is 12.2 Å². The summed E-state index contributed by atoms with van der Waals surface area (Å²) in [5.74, 6) is 0.367. The molecule has 1 aromatic carbocycles. The molecule has 0 saturated heterocycles. The van der Waals surface area contributed by atoms with Crippen LogP contribution in [0.3, 0.4) is 0 Å². The number of nitrogens with zero attached hydrogens (tertiary/aromatic N) is 3. The van der Waals surface area contributed by atoms with Crippen molar-refractivity contribution in [3.8, 4) is 0 Å². The van der Waals surface area contributed by atoms with Gasteiger partial charge in [0, 0.05) is 32.0 Å². The smallest absolute Gasteiger partial charge is 0.293 e. The SMILES string of the molecule is CN(CC(O)COCc1ccccc1)c1nccn(C2CC2)c1=O. The first-order valence-electron chi connectivity index (χ1n) is 8.23. The summed E-state index contributed by atoms with van der Waals surface area (Å²) in [7, 11) is 1.77. The lowest BCUT2D eigenvalue weighted by atomic mass is 10.2. The minimum Gasteiger partial charge on any atom is -0.389 e. The lowest BCUT2D eigenvalue weighted by molar-refractivity contribution is 0.0323. The lowest BCUT2D eigenvalue weighted by Gasteiger charge is -2.21. The fourth-order valence-corrected chi connectivity index (χ4v) is 2.66. The molecule has 0 bridgehead atoms. The molecular formula is C18H23N3O3. The summed E-state index contributed by atoms with van der Waals surface area (Å²) in [6.07, 6.45) is 4.78. The summed E-state index contributed by atoms with van der Waals surface area (Å²) in [5, 5.41) is 10.1. The van der Waals surface area contributed by atoms with E-state index in [0.717, 1.165) is 18.4 Å². The average Bonchev–Trinajstić information content (AvgIpc) is 3.41. The van der Waals surface area contributed by atoms with E-state index in [0.29, 0.717) is 25.0 Å². The zero-order chi connectivity index (χ0) is 16.9. The lowest BCUT2D eigenvalue weighted by Crippen LogP contribution is -2.37. The highest BCUT2D eigenvalue weighted by atomic mass is 16.5. The summed E-state index contributed by atoms with van der Waals surface area (Å²) in [5.41, 5.74) is 0.968. The quantitative estimate of drug-likeness (QED) is 0.797. The van der Waals surface area contributed by atoms with Crippen molar-refractivity contribution in [2.75, 3.05) is 25.1 Å². The number of aliphatic hydroxyl groups is 1. The Morgan fingerprint density at radius 2 is 2.12 bits per heavy atom. The van der Waals surface area contributed by atoms with Gasteiger partial charge in [0.15, 0.2) is 5.82 Å². The molecule has 1 unspecified atom stereocenters. The van der Waals surface area contributed by atoms with Crippen molar-refractivity contribution in [1.29, 1.82) is 0 Å². The monoisotopic (exact) mass is 329 g/mol. The molecule has 2 aromatic rings. The van der Waals surface area contributed by atoms with Gasteiger partial charge in [0.05, 0.1) is 19.3 Å². The summed E-state index contributed by atoms with van der Waals surface area (Å²) >= 11 is 0. The van der Waals surface area contributed by atoms with Gasteiger partial charge in [-0.1, -0.05) is 30.3 Å². The number of rotatable bonds is 8. The molecule has 3 rings (SSSR count). The Kier molecular flexibility index (Phi) is 5.27. The van der Waals surface area contributed by atoms with Crippen LogP contribution in [0.4, 0.5) is 5.82 Å². The van der Waals surface area contributed by atoms with Crippen LogP contribution in [-0.4, -0.2) is 41.0 Å². The van der Waals surface area contributed by atoms with E-state index < -0.39 is 6.10 Å². The molecule has 1 aliphatic rings. The highest BCUT2D eigenvalue weighted by molar-refractivity contribution is 5.34. The topological polar surface area (TPSA) is 67.6 Å². The minimum atomic E-state index is -0.686. The summed E-state index contributed by atoms with van der Waals surface area (Å²) < 4.78 is 7.27. The van der Waals surface area contributed by atoms with Crippen molar-refractivity contribution < 1.29 is 9.84 Å². The van der Waals surface area contributed by atoms with Gasteiger partial charge in [-0.05, 0) is 18.4 Å². The first-order valence-corrected chi connectivity index (χ1v) is 8.23. The number of benzene rings is 1. The van der Waals surface area contributed by atoms with E-state index in [4.69, 9.17) is 4.74 Å². The van der Waals surface area contributed by atoms with Crippen LogP contribution in [0.1, 0.15) is 24.4 Å². The van der Waals surface area contributed by atoms with Crippen LogP contribution < -0.4 is 10.5 Å². The van der Waals surface area contributed by atoms with Gasteiger partial charge in [-0.3, -0.25) is 4.79 Å². The summed E-state index contributed by atoms with van der Waals surface area (Å²) in [6, 6.07) is 10.1. The number of aliphatic hydroxyl groups excluding tert-OH is 1. The predicted octanol–water partition coefficient (Wildman–Crippen LogP) is 1.59. The highest BCUT2D eigenvalue weighted by Gasteiger charge is 2.26. The molecule has 0 radical (unpaired) electrons. The Morgan fingerprint density at radius 1 is 1.38 bits per heavy atom. The van der Waals surface area contributed by atoms with Crippen molar-refractivity contribution in [3.05, 3.63) is 58.6 Å². The molecule has 1 heterocycles. The Bertz CT molecular complexity index is 713. The largest absolute Gasteiger partial charge is 0.389 e.